The summed E-state index contributed by atoms with van der Waals surface area (Å²) in [6, 6.07) is 20.3. The van der Waals surface area contributed by atoms with Gasteiger partial charge >= 0.3 is 0 Å². The van der Waals surface area contributed by atoms with Crippen molar-refractivity contribution >= 4 is 35.4 Å². The zero-order valence-electron chi connectivity index (χ0n) is 19.2. The monoisotopic (exact) mass is 429 g/mol. The second kappa shape index (κ2) is 10.1. The number of aromatic nitrogens is 1. The van der Waals surface area contributed by atoms with Crippen LogP contribution in [0.1, 0.15) is 75.9 Å². The molecule has 0 radical (unpaired) electrons. The van der Waals surface area contributed by atoms with Gasteiger partial charge in [0.2, 0.25) is 0 Å². The smallest absolute Gasteiger partial charge is 0.0849 e. The SMILES string of the molecule is CC(=Nc1ccccc1S)c1cccc(C(C)=Nc2c(C(C)C)cccc2C(C)C)n1. The lowest BCUT2D eigenvalue weighted by Crippen LogP contribution is -2.06. The highest BCUT2D eigenvalue weighted by molar-refractivity contribution is 7.80. The van der Waals surface area contributed by atoms with Crippen molar-refractivity contribution in [3.63, 3.8) is 0 Å². The number of rotatable bonds is 6. The Morgan fingerprint density at radius 3 is 1.77 bits per heavy atom. The Labute approximate surface area is 191 Å². The molecule has 2 aromatic carbocycles. The number of hydrogen-bond acceptors (Lipinski definition) is 4. The van der Waals surface area contributed by atoms with Crippen LogP contribution in [0.15, 0.2) is 75.5 Å². The largest absolute Gasteiger partial charge is 0.251 e. The summed E-state index contributed by atoms with van der Waals surface area (Å²) in [5, 5.41) is 0. The normalized spacial score (nSPS) is 12.7. The predicted molar refractivity (Wildman–Crippen MR) is 136 cm³/mol. The number of benzene rings is 2. The van der Waals surface area contributed by atoms with Crippen molar-refractivity contribution in [1.82, 2.24) is 4.98 Å². The number of thiol groups is 1. The van der Waals surface area contributed by atoms with Gasteiger partial charge in [0.15, 0.2) is 0 Å². The van der Waals surface area contributed by atoms with Crippen LogP contribution in [0.4, 0.5) is 11.4 Å². The zero-order valence-corrected chi connectivity index (χ0v) is 20.1. The molecule has 0 aliphatic heterocycles. The summed E-state index contributed by atoms with van der Waals surface area (Å²) in [7, 11) is 0. The molecule has 160 valence electrons. The van der Waals surface area contributed by atoms with E-state index in [-0.39, 0.29) is 0 Å². The van der Waals surface area contributed by atoms with E-state index >= 15 is 0 Å². The van der Waals surface area contributed by atoms with Crippen LogP contribution in [0.5, 0.6) is 0 Å². The van der Waals surface area contributed by atoms with Crippen LogP contribution < -0.4 is 0 Å². The Balaban J connectivity index is 2.02. The van der Waals surface area contributed by atoms with Gasteiger partial charge in [0, 0.05) is 4.90 Å². The van der Waals surface area contributed by atoms with E-state index in [9.17, 15) is 0 Å². The van der Waals surface area contributed by atoms with Crippen molar-refractivity contribution in [2.75, 3.05) is 0 Å². The lowest BCUT2D eigenvalue weighted by Gasteiger charge is -2.17. The first kappa shape index (κ1) is 23.0. The van der Waals surface area contributed by atoms with Gasteiger partial charge in [-0.1, -0.05) is 64.1 Å². The molecule has 3 rings (SSSR count). The molecule has 0 fully saturated rings. The quantitative estimate of drug-likeness (QED) is 0.314. The van der Waals surface area contributed by atoms with Gasteiger partial charge in [-0.05, 0) is 61.1 Å². The van der Waals surface area contributed by atoms with Crippen LogP contribution in [0, 0.1) is 0 Å². The number of aliphatic imine (C=N–C) groups is 2. The van der Waals surface area contributed by atoms with Crippen molar-refractivity contribution < 1.29 is 0 Å². The molecular formula is C27H31N3S. The summed E-state index contributed by atoms with van der Waals surface area (Å²) in [5.41, 5.74) is 7.90. The van der Waals surface area contributed by atoms with Crippen LogP contribution in [0.3, 0.4) is 0 Å². The third-order valence-corrected chi connectivity index (χ3v) is 5.66. The lowest BCUT2D eigenvalue weighted by atomic mass is 9.93. The van der Waals surface area contributed by atoms with E-state index in [0.717, 1.165) is 39.1 Å². The Kier molecular flexibility index (Phi) is 7.45. The van der Waals surface area contributed by atoms with E-state index in [1.54, 1.807) is 0 Å². The van der Waals surface area contributed by atoms with Gasteiger partial charge in [-0.2, -0.15) is 0 Å². The minimum atomic E-state index is 0.403. The molecule has 0 saturated carbocycles. The van der Waals surface area contributed by atoms with Crippen molar-refractivity contribution in [1.29, 1.82) is 0 Å². The number of para-hydroxylation sites is 2. The molecule has 1 heterocycles. The van der Waals surface area contributed by atoms with Crippen LogP contribution in [-0.4, -0.2) is 16.4 Å². The fourth-order valence-electron chi connectivity index (χ4n) is 3.50. The van der Waals surface area contributed by atoms with Crippen LogP contribution in [0.2, 0.25) is 0 Å². The molecule has 0 unspecified atom stereocenters. The maximum atomic E-state index is 5.07. The van der Waals surface area contributed by atoms with Crippen molar-refractivity contribution in [3.8, 4) is 0 Å². The first-order valence-electron chi connectivity index (χ1n) is 10.8. The van der Waals surface area contributed by atoms with E-state index in [1.165, 1.54) is 11.1 Å². The molecule has 31 heavy (non-hydrogen) atoms. The maximum absolute atomic E-state index is 5.07. The molecule has 3 aromatic rings. The van der Waals surface area contributed by atoms with Gasteiger partial charge in [0.05, 0.1) is 34.2 Å². The molecule has 0 bridgehead atoms. The number of hydrogen-bond donors (Lipinski definition) is 1. The molecule has 4 heteroatoms. The second-order valence-electron chi connectivity index (χ2n) is 8.39. The van der Waals surface area contributed by atoms with Gasteiger partial charge in [-0.25, -0.2) is 4.98 Å². The van der Waals surface area contributed by atoms with E-state index < -0.39 is 0 Å². The van der Waals surface area contributed by atoms with E-state index in [0.29, 0.717) is 11.8 Å². The third kappa shape index (κ3) is 5.50. The fraction of sp³-hybridized carbons (Fsp3) is 0.296. The minimum Gasteiger partial charge on any atom is -0.251 e. The zero-order chi connectivity index (χ0) is 22.5. The molecule has 0 N–H and O–H groups in total. The van der Waals surface area contributed by atoms with Crippen molar-refractivity contribution in [3.05, 3.63) is 83.2 Å². The molecule has 0 aliphatic rings. The van der Waals surface area contributed by atoms with E-state index in [4.69, 9.17) is 15.0 Å². The lowest BCUT2D eigenvalue weighted by molar-refractivity contribution is 0.834. The molecule has 0 amide bonds. The van der Waals surface area contributed by atoms with Gasteiger partial charge in [-0.15, -0.1) is 12.6 Å². The minimum absolute atomic E-state index is 0.403. The number of pyridine rings is 1. The average molecular weight is 430 g/mol. The first-order valence-corrected chi connectivity index (χ1v) is 11.2. The molecule has 1 aromatic heterocycles. The van der Waals surface area contributed by atoms with E-state index in [1.807, 2.05) is 56.3 Å². The Morgan fingerprint density at radius 2 is 1.23 bits per heavy atom. The second-order valence-corrected chi connectivity index (χ2v) is 8.87. The summed E-state index contributed by atoms with van der Waals surface area (Å²) >= 11 is 4.50. The van der Waals surface area contributed by atoms with Gasteiger partial charge in [0.25, 0.3) is 0 Å². The van der Waals surface area contributed by atoms with Gasteiger partial charge in [0.1, 0.15) is 0 Å². The topological polar surface area (TPSA) is 37.6 Å². The highest BCUT2D eigenvalue weighted by Crippen LogP contribution is 2.35. The van der Waals surface area contributed by atoms with Crippen LogP contribution in [-0.2, 0) is 0 Å². The Bertz CT molecular complexity index is 1100. The molecule has 0 saturated heterocycles. The van der Waals surface area contributed by atoms with Crippen molar-refractivity contribution in [2.24, 2.45) is 9.98 Å². The summed E-state index contributed by atoms with van der Waals surface area (Å²) in [4.78, 5) is 15.5. The molecule has 0 aliphatic carbocycles. The summed E-state index contributed by atoms with van der Waals surface area (Å²) in [6.07, 6.45) is 0. The molecule has 3 nitrogen and oxygen atoms in total. The molecule has 0 spiro atoms. The van der Waals surface area contributed by atoms with Gasteiger partial charge < -0.3 is 0 Å². The molecular weight excluding hydrogens is 398 g/mol. The third-order valence-electron chi connectivity index (χ3n) is 5.28. The molecule has 0 atom stereocenters. The number of nitrogens with zero attached hydrogens (tertiary/aromatic N) is 3. The Morgan fingerprint density at radius 1 is 0.710 bits per heavy atom. The summed E-state index contributed by atoms with van der Waals surface area (Å²) < 4.78 is 0. The summed E-state index contributed by atoms with van der Waals surface area (Å²) in [6.45, 7) is 12.9. The highest BCUT2D eigenvalue weighted by Gasteiger charge is 2.14. The fourth-order valence-corrected chi connectivity index (χ4v) is 3.71. The average Bonchev–Trinajstić information content (AvgIpc) is 2.75. The standard InChI is InChI=1S/C27H31N3S/c1-17(2)21-11-9-12-22(18(3)4)27(21)29-20(6)24-15-10-14-23(30-24)19(5)28-25-13-7-8-16-26(25)31/h7-18,31H,1-6H3. The maximum Gasteiger partial charge on any atom is 0.0849 e. The Hall–Kier alpha value is -2.72. The predicted octanol–water partition coefficient (Wildman–Crippen LogP) is 7.90. The van der Waals surface area contributed by atoms with Crippen molar-refractivity contribution in [2.45, 2.75) is 58.3 Å². The van der Waals surface area contributed by atoms with Gasteiger partial charge in [-0.3, -0.25) is 9.98 Å². The highest BCUT2D eigenvalue weighted by atomic mass is 32.1. The first-order chi connectivity index (χ1) is 14.8. The van der Waals surface area contributed by atoms with E-state index in [2.05, 4.69) is 58.5 Å². The summed E-state index contributed by atoms with van der Waals surface area (Å²) in [5.74, 6) is 0.806. The van der Waals surface area contributed by atoms with Crippen LogP contribution in [0.25, 0.3) is 0 Å². The van der Waals surface area contributed by atoms with Crippen LogP contribution >= 0.6 is 12.6 Å².